The maximum Gasteiger partial charge on any atom is 0.408 e. The topological polar surface area (TPSA) is 64.6 Å². The first-order valence-electron chi connectivity index (χ1n) is 6.07. The van der Waals surface area contributed by atoms with E-state index in [-0.39, 0.29) is 5.92 Å². The molecule has 1 rings (SSSR count). The molecule has 102 valence electrons. The standard InChI is InChI=1S/C13H21NO4/c1-13(2,3)18-12(16)14-10(11(15)17-4)9-7-5-6-8-9/h5,7,9-10H,6,8H2,1-4H3,(H,14,16)/t9-,10-/m0/s1. The van der Waals surface area contributed by atoms with Gasteiger partial charge in [0.15, 0.2) is 0 Å². The van der Waals surface area contributed by atoms with Crippen LogP contribution in [0.1, 0.15) is 33.6 Å². The van der Waals surface area contributed by atoms with E-state index in [1.165, 1.54) is 7.11 Å². The SMILES string of the molecule is COC(=O)[C@@H](NC(=O)OC(C)(C)C)[C@H]1C=CCC1. The minimum atomic E-state index is -0.677. The number of amides is 1. The lowest BCUT2D eigenvalue weighted by Crippen LogP contribution is -2.47. The second-order valence-corrected chi connectivity index (χ2v) is 5.32. The largest absolute Gasteiger partial charge is 0.467 e. The molecule has 0 unspecified atom stereocenters. The summed E-state index contributed by atoms with van der Waals surface area (Å²) in [5.41, 5.74) is -0.587. The molecule has 1 aliphatic rings. The predicted octanol–water partition coefficient (Wildman–Crippen LogP) is 2.02. The van der Waals surface area contributed by atoms with Crippen LogP contribution in [0.4, 0.5) is 4.79 Å². The van der Waals surface area contributed by atoms with E-state index >= 15 is 0 Å². The Morgan fingerprint density at radius 2 is 2.06 bits per heavy atom. The highest BCUT2D eigenvalue weighted by Crippen LogP contribution is 2.22. The lowest BCUT2D eigenvalue weighted by molar-refractivity contribution is -0.144. The van der Waals surface area contributed by atoms with Crippen LogP contribution in [0, 0.1) is 5.92 Å². The first-order valence-corrected chi connectivity index (χ1v) is 6.07. The van der Waals surface area contributed by atoms with E-state index in [9.17, 15) is 9.59 Å². The molecule has 0 saturated heterocycles. The van der Waals surface area contributed by atoms with Gasteiger partial charge in [-0.3, -0.25) is 0 Å². The zero-order valence-electron chi connectivity index (χ0n) is 11.4. The van der Waals surface area contributed by atoms with Crippen molar-refractivity contribution in [3.05, 3.63) is 12.2 Å². The minimum Gasteiger partial charge on any atom is -0.467 e. The lowest BCUT2D eigenvalue weighted by Gasteiger charge is -2.24. The summed E-state index contributed by atoms with van der Waals surface area (Å²) in [7, 11) is 1.31. The third-order valence-corrected chi connectivity index (χ3v) is 2.61. The van der Waals surface area contributed by atoms with Gasteiger partial charge in [-0.15, -0.1) is 0 Å². The highest BCUT2D eigenvalue weighted by molar-refractivity contribution is 5.82. The molecular weight excluding hydrogens is 234 g/mol. The molecule has 0 spiro atoms. The highest BCUT2D eigenvalue weighted by Gasteiger charge is 2.31. The fourth-order valence-corrected chi connectivity index (χ4v) is 1.84. The maximum absolute atomic E-state index is 11.7. The third-order valence-electron chi connectivity index (χ3n) is 2.61. The molecule has 0 saturated carbocycles. The Balaban J connectivity index is 2.64. The van der Waals surface area contributed by atoms with Crippen molar-refractivity contribution in [1.82, 2.24) is 5.32 Å². The van der Waals surface area contributed by atoms with Crippen molar-refractivity contribution in [3.63, 3.8) is 0 Å². The normalized spacial score (nSPS) is 20.3. The number of allylic oxidation sites excluding steroid dienone is 1. The Kier molecular flexibility index (Phi) is 4.76. The molecular formula is C13H21NO4. The van der Waals surface area contributed by atoms with Crippen molar-refractivity contribution in [2.45, 2.75) is 45.3 Å². The number of ether oxygens (including phenoxy) is 2. The highest BCUT2D eigenvalue weighted by atomic mass is 16.6. The van der Waals surface area contributed by atoms with E-state index in [1.54, 1.807) is 20.8 Å². The van der Waals surface area contributed by atoms with Gasteiger partial charge >= 0.3 is 12.1 Å². The monoisotopic (exact) mass is 255 g/mol. The summed E-state index contributed by atoms with van der Waals surface area (Å²) >= 11 is 0. The van der Waals surface area contributed by atoms with Crippen LogP contribution < -0.4 is 5.32 Å². The zero-order chi connectivity index (χ0) is 13.8. The first kappa shape index (κ1) is 14.5. The molecule has 18 heavy (non-hydrogen) atoms. The molecule has 0 aromatic carbocycles. The molecule has 0 aromatic rings. The van der Waals surface area contributed by atoms with Crippen LogP contribution in [0.2, 0.25) is 0 Å². The molecule has 1 amide bonds. The fourth-order valence-electron chi connectivity index (χ4n) is 1.84. The summed E-state index contributed by atoms with van der Waals surface area (Å²) in [5, 5.41) is 2.58. The van der Waals surface area contributed by atoms with Crippen LogP contribution >= 0.6 is 0 Å². The Hall–Kier alpha value is -1.52. The lowest BCUT2D eigenvalue weighted by atomic mass is 9.99. The summed E-state index contributed by atoms with van der Waals surface area (Å²) in [5.74, 6) is -0.470. The Bertz CT molecular complexity index is 343. The summed E-state index contributed by atoms with van der Waals surface area (Å²) in [6, 6.07) is -0.677. The molecule has 0 aliphatic heterocycles. The number of carbonyl (C=O) groups excluding carboxylic acids is 2. The quantitative estimate of drug-likeness (QED) is 0.619. The van der Waals surface area contributed by atoms with Crippen molar-refractivity contribution in [3.8, 4) is 0 Å². The van der Waals surface area contributed by atoms with Gasteiger partial charge in [0.1, 0.15) is 11.6 Å². The van der Waals surface area contributed by atoms with E-state index in [4.69, 9.17) is 9.47 Å². The van der Waals surface area contributed by atoms with Crippen LogP contribution in [0.3, 0.4) is 0 Å². The number of hydrogen-bond donors (Lipinski definition) is 1. The minimum absolute atomic E-state index is 0.0232. The fraction of sp³-hybridized carbons (Fsp3) is 0.692. The van der Waals surface area contributed by atoms with Crippen molar-refractivity contribution in [2.75, 3.05) is 7.11 Å². The van der Waals surface area contributed by atoms with E-state index in [1.807, 2.05) is 12.2 Å². The van der Waals surface area contributed by atoms with E-state index < -0.39 is 23.7 Å². The predicted molar refractivity (Wildman–Crippen MR) is 67.0 cm³/mol. The van der Waals surface area contributed by atoms with Crippen LogP contribution in [-0.4, -0.2) is 30.8 Å². The van der Waals surface area contributed by atoms with Crippen molar-refractivity contribution < 1.29 is 19.1 Å². The van der Waals surface area contributed by atoms with Gasteiger partial charge in [-0.05, 0) is 33.6 Å². The molecule has 0 aromatic heterocycles. The second kappa shape index (κ2) is 5.89. The summed E-state index contributed by atoms with van der Waals surface area (Å²) in [6.45, 7) is 5.32. The second-order valence-electron chi connectivity index (χ2n) is 5.32. The molecule has 5 heteroatoms. The molecule has 0 bridgehead atoms. The average molecular weight is 255 g/mol. The molecule has 5 nitrogen and oxygen atoms in total. The van der Waals surface area contributed by atoms with Crippen LogP contribution in [0.15, 0.2) is 12.2 Å². The van der Waals surface area contributed by atoms with Crippen molar-refractivity contribution in [2.24, 2.45) is 5.92 Å². The van der Waals surface area contributed by atoms with Crippen LogP contribution in [-0.2, 0) is 14.3 Å². The van der Waals surface area contributed by atoms with Gasteiger partial charge in [-0.1, -0.05) is 12.2 Å². The molecule has 1 aliphatic carbocycles. The zero-order valence-corrected chi connectivity index (χ0v) is 11.4. The molecule has 0 fully saturated rings. The average Bonchev–Trinajstić information content (AvgIpc) is 2.75. The molecule has 0 radical (unpaired) electrons. The summed E-state index contributed by atoms with van der Waals surface area (Å²) in [4.78, 5) is 23.4. The molecule has 1 N–H and O–H groups in total. The number of hydrogen-bond acceptors (Lipinski definition) is 4. The summed E-state index contributed by atoms with van der Waals surface area (Å²) < 4.78 is 9.85. The van der Waals surface area contributed by atoms with E-state index in [0.29, 0.717) is 0 Å². The van der Waals surface area contributed by atoms with Gasteiger partial charge in [0, 0.05) is 5.92 Å². The van der Waals surface area contributed by atoms with Crippen molar-refractivity contribution >= 4 is 12.1 Å². The number of carbonyl (C=O) groups is 2. The number of esters is 1. The maximum atomic E-state index is 11.7. The molecule has 2 atom stereocenters. The Morgan fingerprint density at radius 3 is 2.50 bits per heavy atom. The van der Waals surface area contributed by atoms with Crippen LogP contribution in [0.5, 0.6) is 0 Å². The van der Waals surface area contributed by atoms with Crippen molar-refractivity contribution in [1.29, 1.82) is 0 Å². The number of nitrogens with one attached hydrogen (secondary N) is 1. The van der Waals surface area contributed by atoms with Gasteiger partial charge in [-0.25, -0.2) is 9.59 Å². The van der Waals surface area contributed by atoms with Gasteiger partial charge in [0.05, 0.1) is 7.11 Å². The van der Waals surface area contributed by atoms with Gasteiger partial charge in [0.2, 0.25) is 0 Å². The van der Waals surface area contributed by atoms with Gasteiger partial charge in [-0.2, -0.15) is 0 Å². The number of rotatable bonds is 3. The van der Waals surface area contributed by atoms with E-state index in [0.717, 1.165) is 12.8 Å². The number of alkyl carbamates (subject to hydrolysis) is 1. The van der Waals surface area contributed by atoms with Crippen LogP contribution in [0.25, 0.3) is 0 Å². The van der Waals surface area contributed by atoms with Gasteiger partial charge < -0.3 is 14.8 Å². The third kappa shape index (κ3) is 4.39. The Morgan fingerprint density at radius 1 is 1.39 bits per heavy atom. The van der Waals surface area contributed by atoms with Gasteiger partial charge in [0.25, 0.3) is 0 Å². The molecule has 0 heterocycles. The first-order chi connectivity index (χ1) is 8.33. The summed E-state index contributed by atoms with van der Waals surface area (Å²) in [6.07, 6.45) is 5.07. The Labute approximate surface area is 108 Å². The van der Waals surface area contributed by atoms with E-state index in [2.05, 4.69) is 5.32 Å². The smallest absolute Gasteiger partial charge is 0.408 e. The number of methoxy groups -OCH3 is 1.